The molecular formula is C17H10N2O3S2. The van der Waals surface area contributed by atoms with E-state index in [9.17, 15) is 9.90 Å². The normalized spacial score (nSPS) is 16.1. The molecule has 0 aliphatic carbocycles. The molecule has 0 bridgehead atoms. The highest BCUT2D eigenvalue weighted by atomic mass is 32.2. The number of benzene rings is 1. The van der Waals surface area contributed by atoms with E-state index in [1.165, 1.54) is 11.8 Å². The number of fused-ring (bicyclic) bond motifs is 1. The van der Waals surface area contributed by atoms with Crippen molar-refractivity contribution in [3.63, 3.8) is 0 Å². The lowest BCUT2D eigenvalue weighted by Gasteiger charge is -2.02. The van der Waals surface area contributed by atoms with Crippen LogP contribution >= 0.6 is 24.0 Å². The van der Waals surface area contributed by atoms with Gasteiger partial charge in [-0.3, -0.25) is 9.78 Å². The van der Waals surface area contributed by atoms with Crippen LogP contribution in [0, 0.1) is 0 Å². The first-order valence-electron chi connectivity index (χ1n) is 7.02. The third-order valence-electron chi connectivity index (χ3n) is 3.54. The fourth-order valence-corrected chi connectivity index (χ4v) is 3.47. The first kappa shape index (κ1) is 14.9. The molecular weight excluding hydrogens is 344 g/mol. The summed E-state index contributed by atoms with van der Waals surface area (Å²) in [7, 11) is 0. The number of phenols is 1. The average molecular weight is 354 g/mol. The number of rotatable bonds is 2. The number of hydrogen-bond donors (Lipinski definition) is 2. The van der Waals surface area contributed by atoms with Crippen molar-refractivity contribution in [1.29, 1.82) is 0 Å². The molecule has 0 atom stereocenters. The molecule has 0 unspecified atom stereocenters. The number of carbonyl (C=O) groups excluding carboxylic acids is 1. The molecule has 1 aromatic carbocycles. The lowest BCUT2D eigenvalue weighted by Crippen LogP contribution is -2.17. The maximum atomic E-state index is 11.8. The maximum absolute atomic E-state index is 11.8. The minimum atomic E-state index is -0.220. The average Bonchev–Trinajstić information content (AvgIpc) is 3.10. The number of amides is 1. The SMILES string of the molecule is O=C1NC(=S)S/C1=C/c1cc2cncc(-c3ccc(O)cc3)c2o1. The molecule has 24 heavy (non-hydrogen) atoms. The molecule has 4 rings (SSSR count). The molecule has 0 saturated carbocycles. The summed E-state index contributed by atoms with van der Waals surface area (Å²) >= 11 is 6.19. The van der Waals surface area contributed by atoms with Crippen molar-refractivity contribution in [2.24, 2.45) is 0 Å². The molecule has 1 fully saturated rings. The van der Waals surface area contributed by atoms with Crippen LogP contribution in [0.4, 0.5) is 0 Å². The molecule has 2 N–H and O–H groups in total. The molecule has 1 saturated heterocycles. The number of thioether (sulfide) groups is 1. The Bertz CT molecular complexity index is 1010. The van der Waals surface area contributed by atoms with E-state index in [0.29, 0.717) is 20.6 Å². The van der Waals surface area contributed by atoms with Crippen LogP contribution < -0.4 is 5.32 Å². The number of thiocarbonyl (C=S) groups is 1. The predicted octanol–water partition coefficient (Wildman–Crippen LogP) is 3.69. The van der Waals surface area contributed by atoms with Gasteiger partial charge in [0.15, 0.2) is 0 Å². The van der Waals surface area contributed by atoms with Crippen LogP contribution in [-0.2, 0) is 4.79 Å². The molecule has 1 aliphatic rings. The number of aromatic nitrogens is 1. The van der Waals surface area contributed by atoms with E-state index in [4.69, 9.17) is 16.6 Å². The Kier molecular flexibility index (Phi) is 3.59. The van der Waals surface area contributed by atoms with Gasteiger partial charge in [0.1, 0.15) is 21.4 Å². The fourth-order valence-electron chi connectivity index (χ4n) is 2.45. The van der Waals surface area contributed by atoms with Crippen molar-refractivity contribution in [2.75, 3.05) is 0 Å². The largest absolute Gasteiger partial charge is 0.508 e. The molecule has 118 valence electrons. The first-order chi connectivity index (χ1) is 11.6. The van der Waals surface area contributed by atoms with Crippen LogP contribution in [0.1, 0.15) is 5.76 Å². The monoisotopic (exact) mass is 354 g/mol. The second-order valence-corrected chi connectivity index (χ2v) is 6.87. The Morgan fingerprint density at radius 2 is 2.04 bits per heavy atom. The zero-order valence-corrected chi connectivity index (χ0v) is 13.8. The van der Waals surface area contributed by atoms with Gasteiger partial charge in [0.2, 0.25) is 0 Å². The van der Waals surface area contributed by atoms with Crippen LogP contribution in [-0.4, -0.2) is 20.3 Å². The third-order valence-corrected chi connectivity index (χ3v) is 4.70. The highest BCUT2D eigenvalue weighted by molar-refractivity contribution is 8.26. The molecule has 3 aromatic rings. The van der Waals surface area contributed by atoms with Gasteiger partial charge in [-0.05, 0) is 23.8 Å². The summed E-state index contributed by atoms with van der Waals surface area (Å²) in [5.74, 6) is 0.534. The van der Waals surface area contributed by atoms with Gasteiger partial charge in [0.05, 0.1) is 4.91 Å². The summed E-state index contributed by atoms with van der Waals surface area (Å²) < 4.78 is 6.35. The summed E-state index contributed by atoms with van der Waals surface area (Å²) in [6.07, 6.45) is 5.08. The summed E-state index contributed by atoms with van der Waals surface area (Å²) in [6.45, 7) is 0. The van der Waals surface area contributed by atoms with Gasteiger partial charge in [0.25, 0.3) is 5.91 Å². The predicted molar refractivity (Wildman–Crippen MR) is 97.4 cm³/mol. The number of nitrogens with one attached hydrogen (secondary N) is 1. The topological polar surface area (TPSA) is 75.4 Å². The molecule has 1 amide bonds. The second kappa shape index (κ2) is 5.77. The molecule has 3 heterocycles. The third kappa shape index (κ3) is 2.68. The van der Waals surface area contributed by atoms with Crippen molar-refractivity contribution in [3.8, 4) is 16.9 Å². The van der Waals surface area contributed by atoms with Crippen LogP contribution in [0.3, 0.4) is 0 Å². The van der Waals surface area contributed by atoms with E-state index in [-0.39, 0.29) is 11.7 Å². The van der Waals surface area contributed by atoms with Crippen molar-refractivity contribution in [1.82, 2.24) is 10.3 Å². The van der Waals surface area contributed by atoms with Gasteiger partial charge < -0.3 is 14.8 Å². The van der Waals surface area contributed by atoms with Crippen LogP contribution in [0.5, 0.6) is 5.75 Å². The van der Waals surface area contributed by atoms with Gasteiger partial charge in [-0.15, -0.1) is 0 Å². The van der Waals surface area contributed by atoms with E-state index in [0.717, 1.165) is 16.5 Å². The van der Waals surface area contributed by atoms with Crippen LogP contribution in [0.25, 0.3) is 28.2 Å². The Balaban J connectivity index is 1.80. The van der Waals surface area contributed by atoms with Gasteiger partial charge in [-0.25, -0.2) is 0 Å². The Labute approximate surface area is 146 Å². The highest BCUT2D eigenvalue weighted by Crippen LogP contribution is 2.33. The van der Waals surface area contributed by atoms with Crippen molar-refractivity contribution >= 4 is 51.3 Å². The quantitative estimate of drug-likeness (QED) is 0.540. The molecule has 1 aliphatic heterocycles. The second-order valence-electron chi connectivity index (χ2n) is 5.15. The zero-order valence-electron chi connectivity index (χ0n) is 12.1. The molecule has 0 radical (unpaired) electrons. The van der Waals surface area contributed by atoms with Gasteiger partial charge in [-0.1, -0.05) is 36.1 Å². The molecule has 2 aromatic heterocycles. The Morgan fingerprint density at radius 3 is 2.75 bits per heavy atom. The van der Waals surface area contributed by atoms with Crippen molar-refractivity contribution < 1.29 is 14.3 Å². The van der Waals surface area contributed by atoms with Crippen LogP contribution in [0.15, 0.2) is 52.0 Å². The summed E-state index contributed by atoms with van der Waals surface area (Å²) in [6, 6.07) is 8.64. The van der Waals surface area contributed by atoms with E-state index < -0.39 is 0 Å². The minimum Gasteiger partial charge on any atom is -0.508 e. The number of furan rings is 1. The number of aromatic hydroxyl groups is 1. The Morgan fingerprint density at radius 1 is 1.25 bits per heavy atom. The lowest BCUT2D eigenvalue weighted by molar-refractivity contribution is -0.115. The highest BCUT2D eigenvalue weighted by Gasteiger charge is 2.22. The van der Waals surface area contributed by atoms with Gasteiger partial charge >= 0.3 is 0 Å². The van der Waals surface area contributed by atoms with Gasteiger partial charge in [-0.2, -0.15) is 0 Å². The van der Waals surface area contributed by atoms with E-state index in [1.54, 1.807) is 42.7 Å². The van der Waals surface area contributed by atoms with Crippen molar-refractivity contribution in [2.45, 2.75) is 0 Å². The van der Waals surface area contributed by atoms with E-state index >= 15 is 0 Å². The summed E-state index contributed by atoms with van der Waals surface area (Å²) in [5, 5.41) is 12.8. The fraction of sp³-hybridized carbons (Fsp3) is 0. The first-order valence-corrected chi connectivity index (χ1v) is 8.24. The number of hydrogen-bond acceptors (Lipinski definition) is 6. The lowest BCUT2D eigenvalue weighted by atomic mass is 10.1. The van der Waals surface area contributed by atoms with Gasteiger partial charge in [0, 0.05) is 29.4 Å². The molecule has 5 nitrogen and oxygen atoms in total. The number of pyridine rings is 1. The Hall–Kier alpha value is -2.64. The zero-order chi connectivity index (χ0) is 16.7. The summed E-state index contributed by atoms with van der Waals surface area (Å²) in [5.41, 5.74) is 2.37. The summed E-state index contributed by atoms with van der Waals surface area (Å²) in [4.78, 5) is 16.5. The van der Waals surface area contributed by atoms with Crippen LogP contribution in [0.2, 0.25) is 0 Å². The number of nitrogens with zero attached hydrogens (tertiary/aromatic N) is 1. The van der Waals surface area contributed by atoms with E-state index in [2.05, 4.69) is 10.3 Å². The number of phenolic OH excluding ortho intramolecular Hbond substituents is 1. The molecule has 7 heteroatoms. The van der Waals surface area contributed by atoms with Crippen molar-refractivity contribution in [3.05, 3.63) is 53.4 Å². The maximum Gasteiger partial charge on any atom is 0.263 e. The smallest absolute Gasteiger partial charge is 0.263 e. The van der Waals surface area contributed by atoms with E-state index in [1.807, 2.05) is 6.07 Å². The standard InChI is InChI=1S/C17H10N2O3S2/c20-11-3-1-9(2-4-11)13-8-18-7-10-5-12(22-15(10)13)6-14-16(21)19-17(23)24-14/h1-8,20H,(H,19,21,23)/b14-6+. The minimum absolute atomic E-state index is 0.198. The molecule has 0 spiro atoms. The number of carbonyl (C=O) groups is 1.